The van der Waals surface area contributed by atoms with Gasteiger partial charge in [-0.1, -0.05) is 0 Å². The largest absolute Gasteiger partial charge is 0.394 e. The van der Waals surface area contributed by atoms with Crippen molar-refractivity contribution in [2.24, 2.45) is 17.2 Å². The molecule has 3 aliphatic rings. The van der Waals surface area contributed by atoms with Gasteiger partial charge in [-0.3, -0.25) is 0 Å². The van der Waals surface area contributed by atoms with Gasteiger partial charge in [0.2, 0.25) is 0 Å². The van der Waals surface area contributed by atoms with Gasteiger partial charge in [0, 0.05) is 12.1 Å². The van der Waals surface area contributed by atoms with E-state index in [-0.39, 0.29) is 6.42 Å². The van der Waals surface area contributed by atoms with Crippen molar-refractivity contribution in [3.8, 4) is 0 Å². The lowest BCUT2D eigenvalue weighted by Crippen LogP contribution is -2.68. The molecule has 3 fully saturated rings. The highest BCUT2D eigenvalue weighted by Gasteiger charge is 2.52. The summed E-state index contributed by atoms with van der Waals surface area (Å²) >= 11 is 0. The molecule has 0 amide bonds. The molecule has 3 rings (SSSR count). The Morgan fingerprint density at radius 3 is 1.74 bits per heavy atom. The summed E-state index contributed by atoms with van der Waals surface area (Å²) < 4.78 is 22.2. The number of hydrogen-bond acceptors (Lipinski definition) is 14. The first-order chi connectivity index (χ1) is 14.6. The van der Waals surface area contributed by atoms with Crippen molar-refractivity contribution in [3.63, 3.8) is 0 Å². The van der Waals surface area contributed by atoms with Gasteiger partial charge in [-0.2, -0.15) is 0 Å². The van der Waals surface area contributed by atoms with E-state index in [0.717, 1.165) is 0 Å². The van der Waals surface area contributed by atoms with Crippen molar-refractivity contribution in [1.82, 2.24) is 0 Å². The third-order valence-electron chi connectivity index (χ3n) is 6.07. The lowest BCUT2D eigenvalue weighted by atomic mass is 9.84. The molecule has 14 nitrogen and oxygen atoms in total. The predicted octanol–water partition coefficient (Wildman–Crippen LogP) is -6.62. The van der Waals surface area contributed by atoms with Crippen molar-refractivity contribution < 1.29 is 54.7 Å². The van der Waals surface area contributed by atoms with Crippen LogP contribution in [-0.4, -0.2) is 135 Å². The number of ether oxygens (including phenoxy) is 4. The van der Waals surface area contributed by atoms with Crippen molar-refractivity contribution in [2.75, 3.05) is 13.2 Å². The van der Waals surface area contributed by atoms with E-state index in [1.165, 1.54) is 0 Å². The van der Waals surface area contributed by atoms with Crippen molar-refractivity contribution >= 4 is 0 Å². The quantitative estimate of drug-likeness (QED) is 0.179. The molecular weight excluding hydrogens is 422 g/mol. The van der Waals surface area contributed by atoms with E-state index in [1.54, 1.807) is 0 Å². The summed E-state index contributed by atoms with van der Waals surface area (Å²) in [7, 11) is 0. The minimum Gasteiger partial charge on any atom is -0.394 e. The highest BCUT2D eigenvalue weighted by atomic mass is 16.7. The average molecular weight is 455 g/mol. The van der Waals surface area contributed by atoms with Gasteiger partial charge >= 0.3 is 0 Å². The molecule has 0 bridgehead atoms. The van der Waals surface area contributed by atoms with Crippen molar-refractivity contribution in [2.45, 2.75) is 92.1 Å². The van der Waals surface area contributed by atoms with Crippen LogP contribution < -0.4 is 17.2 Å². The van der Waals surface area contributed by atoms with Gasteiger partial charge in [-0.05, 0) is 6.42 Å². The maximum atomic E-state index is 10.6. The summed E-state index contributed by atoms with van der Waals surface area (Å²) in [4.78, 5) is 0. The standard InChI is InChI=1S/C17H33N3O11/c18-4-1-5(19)14(30-16-8(20)12(26)10(24)6(2-21)28-16)15(9(4)23)31-17-13(27)11(25)7(3-22)29-17/h4-17,21-27H,1-3,18-20H2/t4-,5?,6?,7?,8?,9?,10?,11?,12?,13?,14?,15?,16?,17?/m0/s1. The molecule has 0 aromatic carbocycles. The van der Waals surface area contributed by atoms with E-state index in [0.29, 0.717) is 0 Å². The molecule has 1 aliphatic carbocycles. The topological polar surface area (TPSA) is 257 Å². The van der Waals surface area contributed by atoms with Crippen LogP contribution >= 0.6 is 0 Å². The van der Waals surface area contributed by atoms with Gasteiger partial charge in [-0.15, -0.1) is 0 Å². The number of aliphatic hydroxyl groups is 7. The fourth-order valence-electron chi connectivity index (χ4n) is 4.12. The van der Waals surface area contributed by atoms with Crippen LogP contribution in [0.1, 0.15) is 6.42 Å². The summed E-state index contributed by atoms with van der Waals surface area (Å²) in [6, 6.07) is -2.82. The molecule has 13 unspecified atom stereocenters. The molecule has 0 spiro atoms. The Bertz CT molecular complexity index is 590. The molecule has 2 heterocycles. The summed E-state index contributed by atoms with van der Waals surface area (Å²) in [6.45, 7) is -1.19. The second kappa shape index (κ2) is 10.1. The Kier molecular flexibility index (Phi) is 8.21. The smallest absolute Gasteiger partial charge is 0.187 e. The first-order valence-electron chi connectivity index (χ1n) is 10.1. The lowest BCUT2D eigenvalue weighted by Gasteiger charge is -2.47. The third-order valence-corrected chi connectivity index (χ3v) is 6.07. The predicted molar refractivity (Wildman–Crippen MR) is 99.8 cm³/mol. The molecule has 1 saturated carbocycles. The van der Waals surface area contributed by atoms with Crippen LogP contribution in [0.2, 0.25) is 0 Å². The summed E-state index contributed by atoms with van der Waals surface area (Å²) in [5.41, 5.74) is 18.0. The van der Waals surface area contributed by atoms with Crippen LogP contribution in [-0.2, 0) is 18.9 Å². The highest BCUT2D eigenvalue weighted by molar-refractivity contribution is 5.01. The molecule has 14 atom stereocenters. The first kappa shape index (κ1) is 25.1. The maximum absolute atomic E-state index is 10.6. The van der Waals surface area contributed by atoms with E-state index < -0.39 is 98.9 Å². The Morgan fingerprint density at radius 1 is 0.645 bits per heavy atom. The average Bonchev–Trinajstić information content (AvgIpc) is 3.02. The van der Waals surface area contributed by atoms with E-state index >= 15 is 0 Å². The molecule has 31 heavy (non-hydrogen) atoms. The molecule has 0 aromatic heterocycles. The van der Waals surface area contributed by atoms with Crippen LogP contribution in [0.3, 0.4) is 0 Å². The van der Waals surface area contributed by atoms with Gasteiger partial charge in [-0.25, -0.2) is 0 Å². The Labute approximate surface area is 178 Å². The van der Waals surface area contributed by atoms with Crippen LogP contribution in [0.15, 0.2) is 0 Å². The molecule has 0 aromatic rings. The number of nitrogens with two attached hydrogens (primary N) is 3. The SMILES string of the molecule is NC1C[C@H](N)C(O)C(OC2OC(CO)C(O)C2O)C1OC1OC(CO)C(O)C(O)C1N. The maximum Gasteiger partial charge on any atom is 0.187 e. The highest BCUT2D eigenvalue weighted by Crippen LogP contribution is 2.32. The fraction of sp³-hybridized carbons (Fsp3) is 1.00. The zero-order valence-electron chi connectivity index (χ0n) is 16.7. The van der Waals surface area contributed by atoms with Gasteiger partial charge in [0.15, 0.2) is 12.6 Å². The second-order valence-electron chi connectivity index (χ2n) is 8.25. The molecular formula is C17H33N3O11. The van der Waals surface area contributed by atoms with Gasteiger partial charge < -0.3 is 71.9 Å². The monoisotopic (exact) mass is 455 g/mol. The van der Waals surface area contributed by atoms with Crippen LogP contribution in [0.5, 0.6) is 0 Å². The van der Waals surface area contributed by atoms with Gasteiger partial charge in [0.1, 0.15) is 48.8 Å². The van der Waals surface area contributed by atoms with Gasteiger partial charge in [0.05, 0.1) is 25.4 Å². The second-order valence-corrected chi connectivity index (χ2v) is 8.25. The molecule has 14 heteroatoms. The zero-order chi connectivity index (χ0) is 23.0. The number of hydrogen-bond donors (Lipinski definition) is 10. The summed E-state index contributed by atoms with van der Waals surface area (Å²) in [5.74, 6) is 0. The molecule has 2 saturated heterocycles. The van der Waals surface area contributed by atoms with Gasteiger partial charge in [0.25, 0.3) is 0 Å². The van der Waals surface area contributed by atoms with E-state index in [4.69, 9.17) is 36.1 Å². The molecule has 0 radical (unpaired) electrons. The van der Waals surface area contributed by atoms with E-state index in [2.05, 4.69) is 0 Å². The lowest BCUT2D eigenvalue weighted by molar-refractivity contribution is -0.310. The normalized spacial score (nSPS) is 53.6. The van der Waals surface area contributed by atoms with E-state index in [9.17, 15) is 35.7 Å². The molecule has 13 N–H and O–H groups in total. The Balaban J connectivity index is 1.78. The summed E-state index contributed by atoms with van der Waals surface area (Å²) in [5, 5.41) is 69.4. The zero-order valence-corrected chi connectivity index (χ0v) is 16.7. The molecule has 182 valence electrons. The minimum atomic E-state index is -1.52. The Hall–Kier alpha value is -0.560. The minimum absolute atomic E-state index is 0.123. The first-order valence-corrected chi connectivity index (χ1v) is 10.1. The Morgan fingerprint density at radius 2 is 1.16 bits per heavy atom. The third kappa shape index (κ3) is 4.87. The van der Waals surface area contributed by atoms with Crippen molar-refractivity contribution in [3.05, 3.63) is 0 Å². The summed E-state index contributed by atoms with van der Waals surface area (Å²) in [6.07, 6.45) is -14.5. The fourth-order valence-corrected chi connectivity index (χ4v) is 4.12. The van der Waals surface area contributed by atoms with Crippen LogP contribution in [0, 0.1) is 0 Å². The van der Waals surface area contributed by atoms with Crippen molar-refractivity contribution in [1.29, 1.82) is 0 Å². The van der Waals surface area contributed by atoms with E-state index in [1.807, 2.05) is 0 Å². The molecule has 2 aliphatic heterocycles. The van der Waals surface area contributed by atoms with Crippen LogP contribution in [0.4, 0.5) is 0 Å². The number of aliphatic hydroxyl groups excluding tert-OH is 7. The van der Waals surface area contributed by atoms with Crippen LogP contribution in [0.25, 0.3) is 0 Å². The number of rotatable bonds is 6.